The predicted molar refractivity (Wildman–Crippen MR) is 149 cm³/mol. The van der Waals surface area contributed by atoms with Crippen molar-refractivity contribution in [2.24, 2.45) is 0 Å². The molecule has 0 aliphatic carbocycles. The van der Waals surface area contributed by atoms with E-state index in [4.69, 9.17) is 9.47 Å². The number of hydrogen-bond acceptors (Lipinski definition) is 6. The van der Waals surface area contributed by atoms with Crippen LogP contribution in [-0.2, 0) is 16.1 Å². The number of hydrogen-bond donors (Lipinski definition) is 1. The Kier molecular flexibility index (Phi) is 8.84. The molecule has 0 radical (unpaired) electrons. The third-order valence-electron chi connectivity index (χ3n) is 6.37. The summed E-state index contributed by atoms with van der Waals surface area (Å²) in [5, 5.41) is 2.96. The Bertz CT molecular complexity index is 1230. The lowest BCUT2D eigenvalue weighted by Gasteiger charge is -2.37. The number of halogens is 1. The van der Waals surface area contributed by atoms with E-state index in [9.17, 15) is 9.59 Å². The maximum atomic E-state index is 12.9. The average Bonchev–Trinajstić information content (AvgIpc) is 2.88. The van der Waals surface area contributed by atoms with Crippen LogP contribution in [0.3, 0.4) is 0 Å². The van der Waals surface area contributed by atoms with E-state index in [0.717, 1.165) is 54.0 Å². The van der Waals surface area contributed by atoms with E-state index < -0.39 is 5.97 Å². The number of nitrogens with one attached hydrogen (secondary N) is 1. The van der Waals surface area contributed by atoms with E-state index in [1.807, 2.05) is 38.1 Å². The number of esters is 1. The van der Waals surface area contributed by atoms with Crippen molar-refractivity contribution in [2.75, 3.05) is 50.1 Å². The summed E-state index contributed by atoms with van der Waals surface area (Å²) in [6.45, 7) is 8.10. The summed E-state index contributed by atoms with van der Waals surface area (Å²) in [5.41, 5.74) is 5.15. The second-order valence-electron chi connectivity index (χ2n) is 9.20. The van der Waals surface area contributed by atoms with Gasteiger partial charge >= 0.3 is 5.97 Å². The highest BCUT2D eigenvalue weighted by Gasteiger charge is 2.22. The Balaban J connectivity index is 1.45. The van der Waals surface area contributed by atoms with Gasteiger partial charge in [-0.1, -0.05) is 36.4 Å². The van der Waals surface area contributed by atoms with Gasteiger partial charge in [0, 0.05) is 32.7 Å². The molecule has 1 aliphatic heterocycles. The molecule has 0 bridgehead atoms. The molecule has 0 saturated carbocycles. The summed E-state index contributed by atoms with van der Waals surface area (Å²) in [5.74, 6) is -0.123. The van der Waals surface area contributed by atoms with E-state index >= 15 is 0 Å². The van der Waals surface area contributed by atoms with E-state index in [0.29, 0.717) is 17.0 Å². The largest absolute Gasteiger partial charge is 0.482 e. The Morgan fingerprint density at radius 1 is 0.973 bits per heavy atom. The molecule has 1 fully saturated rings. The second-order valence-corrected chi connectivity index (χ2v) is 10.1. The summed E-state index contributed by atoms with van der Waals surface area (Å²) in [6, 6.07) is 19.7. The van der Waals surface area contributed by atoms with Crippen LogP contribution in [0.15, 0.2) is 65.1 Å². The molecule has 1 amide bonds. The molecule has 1 aliphatic rings. The number of methoxy groups -OCH3 is 1. The maximum absolute atomic E-state index is 12.9. The normalized spacial score (nSPS) is 13.8. The number of piperazine rings is 1. The van der Waals surface area contributed by atoms with Crippen LogP contribution in [0.5, 0.6) is 5.75 Å². The number of amides is 1. The third kappa shape index (κ3) is 6.90. The molecular weight excluding hydrogens is 534 g/mol. The van der Waals surface area contributed by atoms with Gasteiger partial charge in [0.25, 0.3) is 5.91 Å². The van der Waals surface area contributed by atoms with Gasteiger partial charge in [0.1, 0.15) is 5.75 Å². The van der Waals surface area contributed by atoms with E-state index in [1.54, 1.807) is 12.1 Å². The van der Waals surface area contributed by atoms with Crippen LogP contribution in [-0.4, -0.2) is 56.7 Å². The van der Waals surface area contributed by atoms with E-state index in [2.05, 4.69) is 55.3 Å². The van der Waals surface area contributed by atoms with Crippen molar-refractivity contribution in [3.8, 4) is 5.75 Å². The van der Waals surface area contributed by atoms with Crippen LogP contribution in [0.25, 0.3) is 0 Å². The highest BCUT2D eigenvalue weighted by molar-refractivity contribution is 9.10. The summed E-state index contributed by atoms with van der Waals surface area (Å²) < 4.78 is 11.5. The lowest BCUT2D eigenvalue weighted by atomic mass is 10.1. The second kappa shape index (κ2) is 12.3. The number of carbonyl (C=O) groups excluding carboxylic acids is 2. The first kappa shape index (κ1) is 26.7. The molecule has 0 spiro atoms. The van der Waals surface area contributed by atoms with E-state index in [-0.39, 0.29) is 12.5 Å². The fourth-order valence-corrected chi connectivity index (χ4v) is 5.34. The van der Waals surface area contributed by atoms with Gasteiger partial charge in [-0.15, -0.1) is 0 Å². The molecule has 3 aromatic rings. The van der Waals surface area contributed by atoms with Gasteiger partial charge in [0.15, 0.2) is 6.61 Å². The maximum Gasteiger partial charge on any atom is 0.337 e. The summed E-state index contributed by atoms with van der Waals surface area (Å²) in [4.78, 5) is 29.8. The molecule has 1 heterocycles. The third-order valence-corrected chi connectivity index (χ3v) is 6.96. The van der Waals surface area contributed by atoms with Gasteiger partial charge in [-0.25, -0.2) is 4.79 Å². The molecule has 37 heavy (non-hydrogen) atoms. The van der Waals surface area contributed by atoms with Crippen LogP contribution in [0.1, 0.15) is 27.0 Å². The summed E-state index contributed by atoms with van der Waals surface area (Å²) >= 11 is 3.52. The van der Waals surface area contributed by atoms with Crippen molar-refractivity contribution in [1.82, 2.24) is 4.90 Å². The number of aryl methyl sites for hydroxylation is 2. The number of anilines is 2. The fraction of sp³-hybridized carbons (Fsp3) is 0.310. The standard InChI is InChI=1S/C29H32BrN3O4/c1-20-15-21(2)28(24(30)16-20)37-19-27(34)31-25-17-23(29(35)36-3)9-10-26(25)33-13-11-32(12-14-33)18-22-7-5-4-6-8-22/h4-10,15-17H,11-14,18-19H2,1-3H3,(H,31,34). The zero-order valence-electron chi connectivity index (χ0n) is 21.4. The number of benzene rings is 3. The fourth-order valence-electron chi connectivity index (χ4n) is 4.55. The quantitative estimate of drug-likeness (QED) is 0.379. The molecule has 8 heteroatoms. The van der Waals surface area contributed by atoms with Crippen LogP contribution >= 0.6 is 15.9 Å². The molecule has 0 atom stereocenters. The minimum atomic E-state index is -0.454. The van der Waals surface area contributed by atoms with Crippen LogP contribution in [0.2, 0.25) is 0 Å². The first-order valence-corrected chi connectivity index (χ1v) is 13.1. The molecular formula is C29H32BrN3O4. The van der Waals surface area contributed by atoms with Gasteiger partial charge in [0.2, 0.25) is 0 Å². The molecule has 7 nitrogen and oxygen atoms in total. The molecule has 194 valence electrons. The van der Waals surface area contributed by atoms with Crippen molar-refractivity contribution in [3.05, 3.63) is 87.4 Å². The predicted octanol–water partition coefficient (Wildman–Crippen LogP) is 5.19. The highest BCUT2D eigenvalue weighted by atomic mass is 79.9. The highest BCUT2D eigenvalue weighted by Crippen LogP contribution is 2.31. The van der Waals surface area contributed by atoms with Gasteiger partial charge in [-0.05, 0) is 70.7 Å². The number of carbonyl (C=O) groups is 2. The zero-order valence-corrected chi connectivity index (χ0v) is 23.0. The summed E-state index contributed by atoms with van der Waals surface area (Å²) in [7, 11) is 1.34. The van der Waals surface area contributed by atoms with Crippen LogP contribution in [0.4, 0.5) is 11.4 Å². The Morgan fingerprint density at radius 3 is 2.38 bits per heavy atom. The van der Waals surface area contributed by atoms with Gasteiger partial charge < -0.3 is 19.7 Å². The van der Waals surface area contributed by atoms with Gasteiger partial charge in [0.05, 0.1) is 28.5 Å². The first-order chi connectivity index (χ1) is 17.8. The van der Waals surface area contributed by atoms with Gasteiger partial charge in [-0.2, -0.15) is 0 Å². The van der Waals surface area contributed by atoms with Crippen LogP contribution in [0, 0.1) is 13.8 Å². The molecule has 3 aromatic carbocycles. The van der Waals surface area contributed by atoms with Crippen molar-refractivity contribution in [2.45, 2.75) is 20.4 Å². The van der Waals surface area contributed by atoms with E-state index in [1.165, 1.54) is 12.7 Å². The number of nitrogens with zero attached hydrogens (tertiary/aromatic N) is 2. The van der Waals surface area contributed by atoms with Crippen molar-refractivity contribution in [1.29, 1.82) is 0 Å². The van der Waals surface area contributed by atoms with Crippen LogP contribution < -0.4 is 15.0 Å². The Labute approximate surface area is 226 Å². The number of ether oxygens (including phenoxy) is 2. The van der Waals surface area contributed by atoms with Crippen molar-refractivity contribution < 1.29 is 19.1 Å². The molecule has 1 N–H and O–H groups in total. The lowest BCUT2D eigenvalue weighted by molar-refractivity contribution is -0.118. The monoisotopic (exact) mass is 565 g/mol. The molecule has 1 saturated heterocycles. The zero-order chi connectivity index (χ0) is 26.4. The molecule has 0 aromatic heterocycles. The lowest BCUT2D eigenvalue weighted by Crippen LogP contribution is -2.46. The van der Waals surface area contributed by atoms with Gasteiger partial charge in [-0.3, -0.25) is 9.69 Å². The Hall–Kier alpha value is -3.36. The summed E-state index contributed by atoms with van der Waals surface area (Å²) in [6.07, 6.45) is 0. The number of rotatable bonds is 8. The van der Waals surface area contributed by atoms with Crippen molar-refractivity contribution >= 4 is 39.2 Å². The average molecular weight is 566 g/mol. The first-order valence-electron chi connectivity index (χ1n) is 12.3. The molecule has 4 rings (SSSR count). The minimum absolute atomic E-state index is 0.157. The minimum Gasteiger partial charge on any atom is -0.482 e. The Morgan fingerprint density at radius 2 is 1.70 bits per heavy atom. The smallest absolute Gasteiger partial charge is 0.337 e. The topological polar surface area (TPSA) is 71.1 Å². The van der Waals surface area contributed by atoms with Crippen molar-refractivity contribution in [3.63, 3.8) is 0 Å². The molecule has 0 unspecified atom stereocenters. The SMILES string of the molecule is COC(=O)c1ccc(N2CCN(Cc3ccccc3)CC2)c(NC(=O)COc2c(C)cc(C)cc2Br)c1.